The number of benzene rings is 1. The molecule has 0 aliphatic carbocycles. The minimum atomic E-state index is -0.151. The number of anilines is 1. The molecule has 1 atom stereocenters. The molecule has 0 radical (unpaired) electrons. The van der Waals surface area contributed by atoms with E-state index in [9.17, 15) is 9.59 Å². The topological polar surface area (TPSA) is 71.1 Å². The summed E-state index contributed by atoms with van der Waals surface area (Å²) >= 11 is 0. The lowest BCUT2D eigenvalue weighted by Crippen LogP contribution is -2.43. The maximum atomic E-state index is 12.6. The second-order valence-electron chi connectivity index (χ2n) is 7.47. The second kappa shape index (κ2) is 5.82. The van der Waals surface area contributed by atoms with Crippen LogP contribution >= 0.6 is 0 Å². The summed E-state index contributed by atoms with van der Waals surface area (Å²) in [6.07, 6.45) is 1.33. The lowest BCUT2D eigenvalue weighted by atomic mass is 9.86. The Hall–Kier alpha value is -2.44. The Morgan fingerprint density at radius 1 is 1.24 bits per heavy atom. The van der Waals surface area contributed by atoms with E-state index in [0.29, 0.717) is 37.6 Å². The summed E-state index contributed by atoms with van der Waals surface area (Å²) in [4.78, 5) is 28.5. The summed E-state index contributed by atoms with van der Waals surface area (Å²) in [6.45, 7) is 6.07. The van der Waals surface area contributed by atoms with Gasteiger partial charge < -0.3 is 24.6 Å². The summed E-state index contributed by atoms with van der Waals surface area (Å²) in [5.41, 5.74) is 0.679. The Balaban J connectivity index is 1.48. The standard InChI is InChI=1S/C18H23N3O4/c1-12(2)19-17(23)20-6-5-18(9-20)8-16(22)21(10-18)13-3-4-14-15(7-13)25-11-24-14/h3-4,7,12H,5-6,8-11H2,1-2H3,(H,19,23). The Kier molecular flexibility index (Phi) is 3.74. The van der Waals surface area contributed by atoms with Crippen LogP contribution in [0.3, 0.4) is 0 Å². The van der Waals surface area contributed by atoms with Crippen LogP contribution in [0.4, 0.5) is 10.5 Å². The van der Waals surface area contributed by atoms with E-state index in [0.717, 1.165) is 12.1 Å². The number of carbonyl (C=O) groups excluding carboxylic acids is 2. The van der Waals surface area contributed by atoms with Crippen LogP contribution in [0, 0.1) is 5.41 Å². The van der Waals surface area contributed by atoms with E-state index in [1.807, 2.05) is 41.8 Å². The molecule has 3 aliphatic rings. The smallest absolute Gasteiger partial charge is 0.317 e. The van der Waals surface area contributed by atoms with Crippen molar-refractivity contribution >= 4 is 17.6 Å². The number of amides is 3. The molecule has 7 nitrogen and oxygen atoms in total. The van der Waals surface area contributed by atoms with Gasteiger partial charge in [-0.25, -0.2) is 4.79 Å². The van der Waals surface area contributed by atoms with Crippen molar-refractivity contribution < 1.29 is 19.1 Å². The highest BCUT2D eigenvalue weighted by molar-refractivity contribution is 5.97. The first-order valence-electron chi connectivity index (χ1n) is 8.71. The van der Waals surface area contributed by atoms with Gasteiger partial charge in [0.25, 0.3) is 0 Å². The highest BCUT2D eigenvalue weighted by Crippen LogP contribution is 2.43. The molecule has 2 fully saturated rings. The fourth-order valence-corrected chi connectivity index (χ4v) is 3.90. The van der Waals surface area contributed by atoms with Crippen molar-refractivity contribution in [3.63, 3.8) is 0 Å². The van der Waals surface area contributed by atoms with E-state index in [2.05, 4.69) is 5.32 Å². The first-order valence-corrected chi connectivity index (χ1v) is 8.71. The normalized spacial score (nSPS) is 24.7. The SMILES string of the molecule is CC(C)NC(=O)N1CCC2(CC(=O)N(c3ccc4c(c3)OCO4)C2)C1. The third kappa shape index (κ3) is 2.88. The van der Waals surface area contributed by atoms with Crippen LogP contribution in [0.1, 0.15) is 26.7 Å². The number of nitrogens with zero attached hydrogens (tertiary/aromatic N) is 2. The summed E-state index contributed by atoms with van der Waals surface area (Å²) in [5.74, 6) is 1.49. The number of rotatable bonds is 2. The summed E-state index contributed by atoms with van der Waals surface area (Å²) in [5, 5.41) is 2.93. The van der Waals surface area contributed by atoms with Crippen LogP contribution in [-0.4, -0.2) is 49.3 Å². The largest absolute Gasteiger partial charge is 0.454 e. The number of fused-ring (bicyclic) bond motifs is 1. The van der Waals surface area contributed by atoms with Crippen LogP contribution in [0.2, 0.25) is 0 Å². The van der Waals surface area contributed by atoms with Crippen LogP contribution in [0.25, 0.3) is 0 Å². The number of likely N-dealkylation sites (tertiary alicyclic amines) is 1. The van der Waals surface area contributed by atoms with Crippen LogP contribution in [0.5, 0.6) is 11.5 Å². The van der Waals surface area contributed by atoms with E-state index in [1.165, 1.54) is 0 Å². The third-order valence-electron chi connectivity index (χ3n) is 5.13. The maximum Gasteiger partial charge on any atom is 0.317 e. The van der Waals surface area contributed by atoms with Crippen molar-refractivity contribution in [2.75, 3.05) is 31.3 Å². The average Bonchev–Trinajstić information content (AvgIpc) is 3.25. The van der Waals surface area contributed by atoms with Crippen LogP contribution in [0.15, 0.2) is 18.2 Å². The molecule has 3 heterocycles. The number of ether oxygens (including phenoxy) is 2. The fourth-order valence-electron chi connectivity index (χ4n) is 3.90. The maximum absolute atomic E-state index is 12.6. The first kappa shape index (κ1) is 16.1. The lowest BCUT2D eigenvalue weighted by molar-refractivity contribution is -0.117. The van der Waals surface area contributed by atoms with Gasteiger partial charge in [-0.15, -0.1) is 0 Å². The minimum Gasteiger partial charge on any atom is -0.454 e. The summed E-state index contributed by atoms with van der Waals surface area (Å²) in [6, 6.07) is 5.66. The van der Waals surface area contributed by atoms with Crippen molar-refractivity contribution in [2.45, 2.75) is 32.7 Å². The van der Waals surface area contributed by atoms with E-state index < -0.39 is 0 Å². The molecule has 3 aliphatic heterocycles. The number of hydrogen-bond acceptors (Lipinski definition) is 4. The van der Waals surface area contributed by atoms with Crippen LogP contribution < -0.4 is 19.7 Å². The van der Waals surface area contributed by atoms with Gasteiger partial charge in [-0.3, -0.25) is 4.79 Å². The van der Waals surface area contributed by atoms with E-state index in [4.69, 9.17) is 9.47 Å². The Labute approximate surface area is 146 Å². The van der Waals surface area contributed by atoms with E-state index in [1.54, 1.807) is 0 Å². The summed E-state index contributed by atoms with van der Waals surface area (Å²) in [7, 11) is 0. The highest BCUT2D eigenvalue weighted by Gasteiger charge is 2.49. The van der Waals surface area contributed by atoms with Gasteiger partial charge in [0, 0.05) is 49.3 Å². The molecule has 0 saturated carbocycles. The average molecular weight is 345 g/mol. The van der Waals surface area contributed by atoms with Crippen LogP contribution in [-0.2, 0) is 4.79 Å². The zero-order valence-corrected chi connectivity index (χ0v) is 14.6. The fraction of sp³-hybridized carbons (Fsp3) is 0.556. The quantitative estimate of drug-likeness (QED) is 0.889. The third-order valence-corrected chi connectivity index (χ3v) is 5.13. The predicted octanol–water partition coefficient (Wildman–Crippen LogP) is 1.96. The minimum absolute atomic E-state index is 0.0409. The Morgan fingerprint density at radius 3 is 2.84 bits per heavy atom. The van der Waals surface area contributed by atoms with Gasteiger partial charge in [0.15, 0.2) is 11.5 Å². The Morgan fingerprint density at radius 2 is 2.04 bits per heavy atom. The van der Waals surface area contributed by atoms with Crippen molar-refractivity contribution in [3.8, 4) is 11.5 Å². The monoisotopic (exact) mass is 345 g/mol. The second-order valence-corrected chi connectivity index (χ2v) is 7.47. The predicted molar refractivity (Wildman–Crippen MR) is 91.8 cm³/mol. The van der Waals surface area contributed by atoms with Crippen molar-refractivity contribution in [3.05, 3.63) is 18.2 Å². The number of urea groups is 1. The van der Waals surface area contributed by atoms with Gasteiger partial charge in [0.1, 0.15) is 0 Å². The molecule has 3 amide bonds. The number of carbonyl (C=O) groups is 2. The molecule has 7 heteroatoms. The Bertz CT molecular complexity index is 720. The molecule has 25 heavy (non-hydrogen) atoms. The van der Waals surface area contributed by atoms with Gasteiger partial charge >= 0.3 is 6.03 Å². The molecule has 2 saturated heterocycles. The van der Waals surface area contributed by atoms with E-state index in [-0.39, 0.29) is 30.2 Å². The number of nitrogens with one attached hydrogen (secondary N) is 1. The van der Waals surface area contributed by atoms with Gasteiger partial charge in [-0.1, -0.05) is 0 Å². The van der Waals surface area contributed by atoms with Gasteiger partial charge in [0.05, 0.1) is 0 Å². The molecule has 0 aromatic heterocycles. The van der Waals surface area contributed by atoms with Crippen molar-refractivity contribution in [1.29, 1.82) is 0 Å². The molecular formula is C18H23N3O4. The molecular weight excluding hydrogens is 322 g/mol. The van der Waals surface area contributed by atoms with Gasteiger partial charge in [-0.2, -0.15) is 0 Å². The van der Waals surface area contributed by atoms with Crippen molar-refractivity contribution in [2.24, 2.45) is 5.41 Å². The van der Waals surface area contributed by atoms with Crippen molar-refractivity contribution in [1.82, 2.24) is 10.2 Å². The molecule has 0 bridgehead atoms. The van der Waals surface area contributed by atoms with Gasteiger partial charge in [-0.05, 0) is 32.4 Å². The summed E-state index contributed by atoms with van der Waals surface area (Å²) < 4.78 is 10.7. The molecule has 1 spiro atoms. The van der Waals surface area contributed by atoms with Gasteiger partial charge in [0.2, 0.25) is 12.7 Å². The molecule has 4 rings (SSSR count). The zero-order valence-electron chi connectivity index (χ0n) is 14.6. The lowest BCUT2D eigenvalue weighted by Gasteiger charge is -2.25. The zero-order chi connectivity index (χ0) is 17.6. The molecule has 1 N–H and O–H groups in total. The molecule has 1 aromatic carbocycles. The molecule has 134 valence electrons. The number of hydrogen-bond donors (Lipinski definition) is 1. The highest BCUT2D eigenvalue weighted by atomic mass is 16.7. The molecule has 1 aromatic rings. The van der Waals surface area contributed by atoms with E-state index >= 15 is 0 Å². The first-order chi connectivity index (χ1) is 12.0. The molecule has 1 unspecified atom stereocenters.